The molecule has 6 heteroatoms. The van der Waals surface area contributed by atoms with E-state index in [0.717, 1.165) is 12.2 Å². The number of hydrogen-bond donors (Lipinski definition) is 3. The number of amides is 2. The quantitative estimate of drug-likeness (QED) is 0.772. The maximum absolute atomic E-state index is 12.0. The van der Waals surface area contributed by atoms with Crippen LogP contribution in [0, 0.1) is 6.92 Å². The Morgan fingerprint density at radius 2 is 2.15 bits per heavy atom. The predicted molar refractivity (Wildman–Crippen MR) is 72.4 cm³/mol. The Kier molecular flexibility index (Phi) is 4.01. The van der Waals surface area contributed by atoms with Crippen LogP contribution in [0.5, 0.6) is 0 Å². The predicted octanol–water partition coefficient (Wildman–Crippen LogP) is 2.35. The Morgan fingerprint density at radius 3 is 2.60 bits per heavy atom. The number of carbonyl (C=O) groups is 2. The maximum atomic E-state index is 12.0. The van der Waals surface area contributed by atoms with Crippen molar-refractivity contribution in [3.05, 3.63) is 23.7 Å². The third-order valence-corrected chi connectivity index (χ3v) is 3.71. The first kappa shape index (κ1) is 14.4. The van der Waals surface area contributed by atoms with Gasteiger partial charge in [-0.05, 0) is 45.2 Å². The molecule has 0 spiro atoms. The van der Waals surface area contributed by atoms with Gasteiger partial charge in [-0.2, -0.15) is 0 Å². The molecule has 2 rings (SSSR count). The number of hydrogen-bond acceptors (Lipinski definition) is 3. The van der Waals surface area contributed by atoms with Crippen LogP contribution >= 0.6 is 0 Å². The standard InChI is InChI=1S/C14H20N2O4/c1-9-4-5-11(20-9)10(2)15-13(19)16-14(6-3-7-14)8-12(17)18/h4-5,10H,3,6-8H2,1-2H3,(H,17,18)(H2,15,16,19). The zero-order valence-corrected chi connectivity index (χ0v) is 11.7. The van der Waals surface area contributed by atoms with Crippen molar-refractivity contribution in [3.63, 3.8) is 0 Å². The van der Waals surface area contributed by atoms with Crippen LogP contribution in [0.2, 0.25) is 0 Å². The molecule has 1 aliphatic rings. The van der Waals surface area contributed by atoms with Gasteiger partial charge in [-0.3, -0.25) is 4.79 Å². The first-order chi connectivity index (χ1) is 9.40. The van der Waals surface area contributed by atoms with Gasteiger partial charge in [0.05, 0.1) is 18.0 Å². The van der Waals surface area contributed by atoms with E-state index in [2.05, 4.69) is 10.6 Å². The molecule has 20 heavy (non-hydrogen) atoms. The largest absolute Gasteiger partial charge is 0.481 e. The van der Waals surface area contributed by atoms with Gasteiger partial charge in [0, 0.05) is 0 Å². The summed E-state index contributed by atoms with van der Waals surface area (Å²) in [6.07, 6.45) is 2.33. The van der Waals surface area contributed by atoms with Crippen molar-refractivity contribution in [2.45, 2.75) is 51.1 Å². The summed E-state index contributed by atoms with van der Waals surface area (Å²) in [6, 6.07) is 3.04. The van der Waals surface area contributed by atoms with Crippen molar-refractivity contribution < 1.29 is 19.1 Å². The van der Waals surface area contributed by atoms with Gasteiger partial charge < -0.3 is 20.2 Å². The second kappa shape index (κ2) is 5.56. The van der Waals surface area contributed by atoms with E-state index in [1.54, 1.807) is 0 Å². The average molecular weight is 280 g/mol. The third-order valence-electron chi connectivity index (χ3n) is 3.71. The molecule has 0 aliphatic heterocycles. The van der Waals surface area contributed by atoms with Crippen LogP contribution in [0.1, 0.15) is 50.2 Å². The number of carboxylic acids is 1. The number of carbonyl (C=O) groups excluding carboxylic acids is 1. The lowest BCUT2D eigenvalue weighted by atomic mass is 9.74. The van der Waals surface area contributed by atoms with Crippen molar-refractivity contribution in [2.24, 2.45) is 0 Å². The lowest BCUT2D eigenvalue weighted by Gasteiger charge is -2.41. The Balaban J connectivity index is 1.90. The lowest BCUT2D eigenvalue weighted by molar-refractivity contribution is -0.139. The molecule has 0 radical (unpaired) electrons. The summed E-state index contributed by atoms with van der Waals surface area (Å²) in [5.41, 5.74) is -0.589. The third kappa shape index (κ3) is 3.31. The summed E-state index contributed by atoms with van der Waals surface area (Å²) in [5.74, 6) is 0.577. The van der Waals surface area contributed by atoms with Gasteiger partial charge in [0.15, 0.2) is 0 Å². The molecule has 1 fully saturated rings. The second-order valence-electron chi connectivity index (χ2n) is 5.47. The average Bonchev–Trinajstić information content (AvgIpc) is 2.72. The molecule has 110 valence electrons. The highest BCUT2D eigenvalue weighted by Crippen LogP contribution is 2.34. The molecule has 6 nitrogen and oxygen atoms in total. The topological polar surface area (TPSA) is 91.6 Å². The molecular formula is C14H20N2O4. The number of aryl methyl sites for hydroxylation is 1. The number of furan rings is 1. The molecule has 1 aromatic heterocycles. The normalized spacial score (nSPS) is 17.9. The molecule has 1 aromatic rings. The fourth-order valence-corrected chi connectivity index (χ4v) is 2.47. The van der Waals surface area contributed by atoms with Crippen LogP contribution < -0.4 is 10.6 Å². The Bertz CT molecular complexity index is 505. The van der Waals surface area contributed by atoms with Crippen molar-refractivity contribution in [3.8, 4) is 0 Å². The first-order valence-electron chi connectivity index (χ1n) is 6.77. The summed E-state index contributed by atoms with van der Waals surface area (Å²) in [5, 5.41) is 14.5. The number of carboxylic acid groups (broad SMARTS) is 1. The minimum Gasteiger partial charge on any atom is -0.481 e. The summed E-state index contributed by atoms with van der Waals surface area (Å²) >= 11 is 0. The minimum atomic E-state index is -0.889. The van der Waals surface area contributed by atoms with Gasteiger partial charge in [-0.1, -0.05) is 0 Å². The lowest BCUT2D eigenvalue weighted by Crippen LogP contribution is -2.57. The molecule has 1 saturated carbocycles. The molecule has 2 amide bonds. The van der Waals surface area contributed by atoms with Gasteiger partial charge in [0.1, 0.15) is 11.5 Å². The Hall–Kier alpha value is -1.98. The van der Waals surface area contributed by atoms with E-state index in [0.29, 0.717) is 18.6 Å². The highest BCUT2D eigenvalue weighted by Gasteiger charge is 2.40. The summed E-state index contributed by atoms with van der Waals surface area (Å²) in [4.78, 5) is 22.8. The van der Waals surface area contributed by atoms with Gasteiger partial charge in [0.2, 0.25) is 0 Å². The zero-order valence-electron chi connectivity index (χ0n) is 11.7. The number of rotatable bonds is 5. The molecule has 0 saturated heterocycles. The number of nitrogens with one attached hydrogen (secondary N) is 2. The summed E-state index contributed by atoms with van der Waals surface area (Å²) in [7, 11) is 0. The number of aliphatic carboxylic acids is 1. The van der Waals surface area contributed by atoms with E-state index in [-0.39, 0.29) is 18.5 Å². The van der Waals surface area contributed by atoms with Gasteiger partial charge in [-0.25, -0.2) is 4.79 Å². The monoisotopic (exact) mass is 280 g/mol. The molecule has 1 atom stereocenters. The van der Waals surface area contributed by atoms with Gasteiger partial charge in [-0.15, -0.1) is 0 Å². The number of urea groups is 1. The van der Waals surface area contributed by atoms with Crippen molar-refractivity contribution in [1.82, 2.24) is 10.6 Å². The summed E-state index contributed by atoms with van der Waals surface area (Å²) in [6.45, 7) is 3.66. The van der Waals surface area contributed by atoms with E-state index < -0.39 is 11.5 Å². The van der Waals surface area contributed by atoms with Crippen molar-refractivity contribution >= 4 is 12.0 Å². The molecule has 1 unspecified atom stereocenters. The van der Waals surface area contributed by atoms with Gasteiger partial charge >= 0.3 is 12.0 Å². The SMILES string of the molecule is Cc1ccc(C(C)NC(=O)NC2(CC(=O)O)CCC2)o1. The molecule has 0 aromatic carbocycles. The Labute approximate surface area is 117 Å². The van der Waals surface area contributed by atoms with Crippen LogP contribution in [-0.4, -0.2) is 22.6 Å². The van der Waals surface area contributed by atoms with Gasteiger partial charge in [0.25, 0.3) is 0 Å². The highest BCUT2D eigenvalue weighted by molar-refractivity contribution is 5.77. The van der Waals surface area contributed by atoms with Crippen molar-refractivity contribution in [1.29, 1.82) is 0 Å². The zero-order chi connectivity index (χ0) is 14.8. The van der Waals surface area contributed by atoms with E-state index in [1.165, 1.54) is 0 Å². The first-order valence-corrected chi connectivity index (χ1v) is 6.77. The molecule has 1 heterocycles. The van der Waals surface area contributed by atoms with E-state index in [4.69, 9.17) is 9.52 Å². The van der Waals surface area contributed by atoms with Crippen LogP contribution in [0.4, 0.5) is 4.79 Å². The minimum absolute atomic E-state index is 0.0331. The van der Waals surface area contributed by atoms with Crippen LogP contribution in [0.15, 0.2) is 16.5 Å². The van der Waals surface area contributed by atoms with Crippen LogP contribution in [0.3, 0.4) is 0 Å². The second-order valence-corrected chi connectivity index (χ2v) is 5.47. The summed E-state index contributed by atoms with van der Waals surface area (Å²) < 4.78 is 5.44. The fourth-order valence-electron chi connectivity index (χ4n) is 2.47. The molecule has 0 bridgehead atoms. The molecular weight excluding hydrogens is 260 g/mol. The fraction of sp³-hybridized carbons (Fsp3) is 0.571. The van der Waals surface area contributed by atoms with Crippen LogP contribution in [-0.2, 0) is 4.79 Å². The van der Waals surface area contributed by atoms with E-state index in [9.17, 15) is 9.59 Å². The smallest absolute Gasteiger partial charge is 0.315 e. The highest BCUT2D eigenvalue weighted by atomic mass is 16.4. The van der Waals surface area contributed by atoms with E-state index >= 15 is 0 Å². The molecule has 1 aliphatic carbocycles. The van der Waals surface area contributed by atoms with E-state index in [1.807, 2.05) is 26.0 Å². The molecule has 3 N–H and O–H groups in total. The maximum Gasteiger partial charge on any atom is 0.315 e. The van der Waals surface area contributed by atoms with Crippen molar-refractivity contribution in [2.75, 3.05) is 0 Å². The van der Waals surface area contributed by atoms with Crippen LogP contribution in [0.25, 0.3) is 0 Å². The Morgan fingerprint density at radius 1 is 1.45 bits per heavy atom.